The topological polar surface area (TPSA) is 55.9 Å². The van der Waals surface area contributed by atoms with Gasteiger partial charge in [-0.2, -0.15) is 4.98 Å². The molecule has 5 heteroatoms. The maximum atomic E-state index is 4.69. The molecule has 84 valence electrons. The van der Waals surface area contributed by atoms with Crippen molar-refractivity contribution in [3.05, 3.63) is 36.2 Å². The molecule has 2 aromatic rings. The molecule has 1 aliphatic rings. The number of aromatic nitrogens is 3. The van der Waals surface area contributed by atoms with Gasteiger partial charge in [0.25, 0.3) is 0 Å². The van der Waals surface area contributed by atoms with Crippen LogP contribution < -0.4 is 5.32 Å². The second kappa shape index (κ2) is 4.09. The van der Waals surface area contributed by atoms with Crippen molar-refractivity contribution in [2.45, 2.75) is 32.0 Å². The van der Waals surface area contributed by atoms with Gasteiger partial charge in [-0.25, -0.2) is 0 Å². The minimum absolute atomic E-state index is 0.667. The van der Waals surface area contributed by atoms with Gasteiger partial charge in [0, 0.05) is 25.0 Å². The van der Waals surface area contributed by atoms with Gasteiger partial charge >= 0.3 is 0 Å². The Morgan fingerprint density at radius 3 is 3.19 bits per heavy atom. The largest absolute Gasteiger partial charge is 0.346 e. The van der Waals surface area contributed by atoms with Crippen LogP contribution in [0.3, 0.4) is 0 Å². The normalized spacial score (nSPS) is 15.5. The summed E-state index contributed by atoms with van der Waals surface area (Å²) < 4.78 is 6.76. The average Bonchev–Trinajstić information content (AvgIpc) is 2.78. The molecule has 3 rings (SSSR count). The maximum absolute atomic E-state index is 4.69. The highest BCUT2D eigenvalue weighted by Gasteiger charge is 2.19. The monoisotopic (exact) mass is 218 g/mol. The number of hydrogen-bond donors (Lipinski definition) is 1. The number of nitrogens with one attached hydrogen (secondary N) is 1. The number of hydrogen-bond acceptors (Lipinski definition) is 4. The summed E-state index contributed by atoms with van der Waals surface area (Å²) in [4.78, 5) is 3.99. The van der Waals surface area contributed by atoms with E-state index in [0.29, 0.717) is 12.4 Å². The fraction of sp³-hybridized carbons (Fsp3) is 0.455. The summed E-state index contributed by atoms with van der Waals surface area (Å²) in [5.74, 6) is 0.706. The molecule has 2 heterocycles. The van der Waals surface area contributed by atoms with Crippen LogP contribution in [0.4, 0.5) is 0 Å². The molecule has 0 atom stereocenters. The molecule has 0 amide bonds. The van der Waals surface area contributed by atoms with Gasteiger partial charge in [0.2, 0.25) is 6.39 Å². The molecular weight excluding hydrogens is 204 g/mol. The SMILES string of the molecule is c1nc(Cn2ccc(CNC3CC3)c2)no1. The Bertz CT molecular complexity index is 444. The van der Waals surface area contributed by atoms with Gasteiger partial charge in [-0.1, -0.05) is 5.16 Å². The van der Waals surface area contributed by atoms with Crippen LogP contribution in [0.1, 0.15) is 24.2 Å². The Hall–Kier alpha value is -1.62. The van der Waals surface area contributed by atoms with Crippen LogP contribution in [-0.4, -0.2) is 20.7 Å². The van der Waals surface area contributed by atoms with Gasteiger partial charge in [0.05, 0.1) is 6.54 Å². The lowest BCUT2D eigenvalue weighted by atomic mass is 10.3. The Morgan fingerprint density at radius 1 is 1.50 bits per heavy atom. The van der Waals surface area contributed by atoms with E-state index in [0.717, 1.165) is 12.6 Å². The van der Waals surface area contributed by atoms with Crippen LogP contribution >= 0.6 is 0 Å². The molecule has 0 spiro atoms. The maximum Gasteiger partial charge on any atom is 0.213 e. The Balaban J connectivity index is 1.58. The van der Waals surface area contributed by atoms with E-state index >= 15 is 0 Å². The van der Waals surface area contributed by atoms with Crippen molar-refractivity contribution in [2.75, 3.05) is 0 Å². The predicted molar refractivity (Wildman–Crippen MR) is 57.7 cm³/mol. The van der Waals surface area contributed by atoms with Crippen molar-refractivity contribution < 1.29 is 4.52 Å². The molecule has 2 aromatic heterocycles. The quantitative estimate of drug-likeness (QED) is 0.818. The van der Waals surface area contributed by atoms with Crippen LogP contribution in [0.2, 0.25) is 0 Å². The van der Waals surface area contributed by atoms with Crippen molar-refractivity contribution in [1.82, 2.24) is 20.0 Å². The lowest BCUT2D eigenvalue weighted by molar-refractivity contribution is 0.408. The van der Waals surface area contributed by atoms with Crippen LogP contribution in [-0.2, 0) is 13.1 Å². The Labute approximate surface area is 93.5 Å². The van der Waals surface area contributed by atoms with Crippen LogP contribution in [0.15, 0.2) is 29.4 Å². The van der Waals surface area contributed by atoms with Crippen molar-refractivity contribution in [1.29, 1.82) is 0 Å². The summed E-state index contributed by atoms with van der Waals surface area (Å²) in [5.41, 5.74) is 1.30. The zero-order valence-electron chi connectivity index (χ0n) is 8.97. The zero-order valence-corrected chi connectivity index (χ0v) is 8.97. The smallest absolute Gasteiger partial charge is 0.213 e. The molecule has 1 fully saturated rings. The second-order valence-corrected chi connectivity index (χ2v) is 4.19. The summed E-state index contributed by atoms with van der Waals surface area (Å²) in [6, 6.07) is 2.87. The molecule has 0 saturated heterocycles. The van der Waals surface area contributed by atoms with Gasteiger partial charge in [-0.3, -0.25) is 0 Å². The van der Waals surface area contributed by atoms with Gasteiger partial charge in [0.15, 0.2) is 5.82 Å². The standard InChI is InChI=1S/C11H14N4O/c1-2-10(1)12-5-9-3-4-15(6-9)7-11-13-8-16-14-11/h3-4,6,8,10,12H,1-2,5,7H2. The van der Waals surface area contributed by atoms with E-state index in [9.17, 15) is 0 Å². The lowest BCUT2D eigenvalue weighted by Gasteiger charge is -1.99. The first-order valence-electron chi connectivity index (χ1n) is 5.53. The van der Waals surface area contributed by atoms with E-state index in [2.05, 4.69) is 32.3 Å². The summed E-state index contributed by atoms with van der Waals surface area (Å²) in [5, 5.41) is 7.26. The van der Waals surface area contributed by atoms with E-state index in [-0.39, 0.29) is 0 Å². The molecular formula is C11H14N4O. The second-order valence-electron chi connectivity index (χ2n) is 4.19. The molecule has 0 radical (unpaired) electrons. The molecule has 0 aromatic carbocycles. The minimum Gasteiger partial charge on any atom is -0.346 e. The van der Waals surface area contributed by atoms with Gasteiger partial charge in [-0.05, 0) is 24.5 Å². The van der Waals surface area contributed by atoms with Crippen molar-refractivity contribution in [2.24, 2.45) is 0 Å². The summed E-state index contributed by atoms with van der Waals surface area (Å²) in [6.07, 6.45) is 8.16. The highest BCUT2D eigenvalue weighted by Crippen LogP contribution is 2.19. The first-order valence-corrected chi connectivity index (χ1v) is 5.53. The third-order valence-electron chi connectivity index (χ3n) is 2.71. The Morgan fingerprint density at radius 2 is 2.44 bits per heavy atom. The van der Waals surface area contributed by atoms with E-state index in [1.54, 1.807) is 0 Å². The van der Waals surface area contributed by atoms with Crippen molar-refractivity contribution >= 4 is 0 Å². The molecule has 0 bridgehead atoms. The van der Waals surface area contributed by atoms with Crippen molar-refractivity contribution in [3.63, 3.8) is 0 Å². The molecule has 5 nitrogen and oxygen atoms in total. The van der Waals surface area contributed by atoms with Gasteiger partial charge in [-0.15, -0.1) is 0 Å². The lowest BCUT2D eigenvalue weighted by Crippen LogP contribution is -2.14. The third kappa shape index (κ3) is 2.30. The molecule has 0 aliphatic heterocycles. The van der Waals surface area contributed by atoms with Crippen LogP contribution in [0.5, 0.6) is 0 Å². The molecule has 0 unspecified atom stereocenters. The van der Waals surface area contributed by atoms with E-state index < -0.39 is 0 Å². The summed E-state index contributed by atoms with van der Waals surface area (Å²) in [6.45, 7) is 1.61. The number of nitrogens with zero attached hydrogens (tertiary/aromatic N) is 3. The Kier molecular flexibility index (Phi) is 2.46. The molecule has 1 saturated carbocycles. The first kappa shape index (κ1) is 9.59. The minimum atomic E-state index is 0.667. The highest BCUT2D eigenvalue weighted by molar-refractivity contribution is 5.11. The molecule has 16 heavy (non-hydrogen) atoms. The summed E-state index contributed by atoms with van der Waals surface area (Å²) >= 11 is 0. The zero-order chi connectivity index (χ0) is 10.8. The average molecular weight is 218 g/mol. The van der Waals surface area contributed by atoms with Gasteiger partial charge in [0.1, 0.15) is 0 Å². The van der Waals surface area contributed by atoms with Crippen molar-refractivity contribution in [3.8, 4) is 0 Å². The fourth-order valence-electron chi connectivity index (χ4n) is 1.67. The van der Waals surface area contributed by atoms with Gasteiger partial charge < -0.3 is 14.4 Å². The van der Waals surface area contributed by atoms with E-state index in [1.807, 2.05) is 6.20 Å². The number of rotatable bonds is 5. The van der Waals surface area contributed by atoms with E-state index in [1.165, 1.54) is 24.8 Å². The molecule has 1 N–H and O–H groups in total. The summed E-state index contributed by atoms with van der Waals surface area (Å²) in [7, 11) is 0. The first-order chi connectivity index (χ1) is 7.90. The van der Waals surface area contributed by atoms with Crippen LogP contribution in [0.25, 0.3) is 0 Å². The van der Waals surface area contributed by atoms with E-state index in [4.69, 9.17) is 4.52 Å². The fourth-order valence-corrected chi connectivity index (χ4v) is 1.67. The highest BCUT2D eigenvalue weighted by atomic mass is 16.5. The predicted octanol–water partition coefficient (Wildman–Crippen LogP) is 1.17. The molecule has 1 aliphatic carbocycles. The third-order valence-corrected chi connectivity index (χ3v) is 2.71. The van der Waals surface area contributed by atoms with Crippen LogP contribution in [0, 0.1) is 0 Å².